The fourth-order valence-corrected chi connectivity index (χ4v) is 1.78. The van der Waals surface area contributed by atoms with Gasteiger partial charge in [0, 0.05) is 26.0 Å². The molecule has 0 bridgehead atoms. The highest BCUT2D eigenvalue weighted by Crippen LogP contribution is 2.23. The van der Waals surface area contributed by atoms with Gasteiger partial charge in [-0.3, -0.25) is 4.79 Å². The van der Waals surface area contributed by atoms with Gasteiger partial charge in [-0.25, -0.2) is 0 Å². The van der Waals surface area contributed by atoms with Gasteiger partial charge in [0.15, 0.2) is 0 Å². The molecule has 0 aromatic heterocycles. The minimum atomic E-state index is -0.412. The van der Waals surface area contributed by atoms with Crippen molar-refractivity contribution in [1.29, 1.82) is 5.26 Å². The fraction of sp³-hybridized carbons (Fsp3) is 0.412. The minimum Gasteiger partial charge on any atom is -0.492 e. The molecule has 0 aliphatic rings. The summed E-state index contributed by atoms with van der Waals surface area (Å²) in [5.41, 5.74) is 0.707. The van der Waals surface area contributed by atoms with E-state index in [2.05, 4.69) is 10.6 Å². The van der Waals surface area contributed by atoms with Crippen LogP contribution < -0.4 is 15.4 Å². The monoisotopic (exact) mass is 317 g/mol. The molecule has 0 fully saturated rings. The van der Waals surface area contributed by atoms with Crippen LogP contribution in [0.5, 0.6) is 5.75 Å². The maximum atomic E-state index is 11.9. The average Bonchev–Trinajstić information content (AvgIpc) is 2.57. The van der Waals surface area contributed by atoms with E-state index in [1.807, 2.05) is 44.2 Å². The molecular formula is C17H23N3O3. The Morgan fingerprint density at radius 1 is 1.30 bits per heavy atom. The van der Waals surface area contributed by atoms with Crippen LogP contribution in [0.25, 0.3) is 0 Å². The quantitative estimate of drug-likeness (QED) is 0.393. The zero-order valence-electron chi connectivity index (χ0n) is 13.6. The number of benzene rings is 1. The topological polar surface area (TPSA) is 83.4 Å². The van der Waals surface area contributed by atoms with Crippen LogP contribution in [0.4, 0.5) is 5.69 Å². The average molecular weight is 317 g/mol. The van der Waals surface area contributed by atoms with Crippen LogP contribution in [0.1, 0.15) is 20.3 Å². The Bertz CT molecular complexity index is 564. The third-order valence-corrected chi connectivity index (χ3v) is 2.88. The van der Waals surface area contributed by atoms with E-state index in [1.54, 1.807) is 0 Å². The van der Waals surface area contributed by atoms with Crippen molar-refractivity contribution < 1.29 is 14.3 Å². The number of amides is 1. The Morgan fingerprint density at radius 2 is 2.09 bits per heavy atom. The minimum absolute atomic E-state index is 0.00714. The first-order chi connectivity index (χ1) is 11.2. The molecule has 0 unspecified atom stereocenters. The second-order valence-electron chi connectivity index (χ2n) is 4.55. The Hall–Kier alpha value is -2.52. The number of para-hydroxylation sites is 2. The molecule has 2 N–H and O–H groups in total. The summed E-state index contributed by atoms with van der Waals surface area (Å²) >= 11 is 0. The van der Waals surface area contributed by atoms with Crippen molar-refractivity contribution in [3.63, 3.8) is 0 Å². The number of anilines is 1. The van der Waals surface area contributed by atoms with Crippen molar-refractivity contribution in [1.82, 2.24) is 5.32 Å². The Balaban J connectivity index is 2.58. The molecular weight excluding hydrogens is 294 g/mol. The van der Waals surface area contributed by atoms with Crippen LogP contribution in [0, 0.1) is 11.3 Å². The highest BCUT2D eigenvalue weighted by molar-refractivity contribution is 5.97. The zero-order chi connectivity index (χ0) is 16.9. The van der Waals surface area contributed by atoms with Crippen molar-refractivity contribution in [3.05, 3.63) is 36.0 Å². The molecule has 124 valence electrons. The molecule has 1 aromatic rings. The van der Waals surface area contributed by atoms with Gasteiger partial charge in [-0.05, 0) is 32.4 Å². The van der Waals surface area contributed by atoms with Gasteiger partial charge in [0.1, 0.15) is 17.4 Å². The summed E-state index contributed by atoms with van der Waals surface area (Å²) in [7, 11) is 0. The van der Waals surface area contributed by atoms with Gasteiger partial charge in [0.05, 0.1) is 12.3 Å². The molecule has 0 saturated heterocycles. The lowest BCUT2D eigenvalue weighted by Gasteiger charge is -2.10. The number of rotatable bonds is 10. The number of nitrogens with one attached hydrogen (secondary N) is 2. The van der Waals surface area contributed by atoms with Crippen LogP contribution in [0.2, 0.25) is 0 Å². The van der Waals surface area contributed by atoms with E-state index in [4.69, 9.17) is 14.7 Å². The fourth-order valence-electron chi connectivity index (χ4n) is 1.78. The SMILES string of the molecule is CCOCCCNC(=O)/C(C#N)=C\Nc1ccccc1OCC. The lowest BCUT2D eigenvalue weighted by atomic mass is 10.2. The molecule has 6 nitrogen and oxygen atoms in total. The predicted octanol–water partition coefficient (Wildman–Crippen LogP) is 2.45. The van der Waals surface area contributed by atoms with Gasteiger partial charge >= 0.3 is 0 Å². The van der Waals surface area contributed by atoms with Crippen LogP contribution in [-0.4, -0.2) is 32.3 Å². The van der Waals surface area contributed by atoms with E-state index >= 15 is 0 Å². The number of hydrogen-bond donors (Lipinski definition) is 2. The molecule has 0 aliphatic carbocycles. The summed E-state index contributed by atoms with van der Waals surface area (Å²) in [4.78, 5) is 11.9. The Morgan fingerprint density at radius 3 is 2.78 bits per heavy atom. The van der Waals surface area contributed by atoms with Crippen LogP contribution in [0.15, 0.2) is 36.0 Å². The summed E-state index contributed by atoms with van der Waals surface area (Å²) in [6.07, 6.45) is 2.09. The summed E-state index contributed by atoms with van der Waals surface area (Å²) in [5.74, 6) is 0.256. The number of ether oxygens (including phenoxy) is 2. The second kappa shape index (κ2) is 11.1. The molecule has 0 spiro atoms. The van der Waals surface area contributed by atoms with E-state index in [1.165, 1.54) is 6.20 Å². The van der Waals surface area contributed by atoms with Crippen LogP contribution in [-0.2, 0) is 9.53 Å². The number of carbonyl (C=O) groups is 1. The summed E-state index contributed by atoms with van der Waals surface area (Å²) in [6.45, 7) is 6.05. The van der Waals surface area contributed by atoms with Gasteiger partial charge in [-0.2, -0.15) is 5.26 Å². The smallest absolute Gasteiger partial charge is 0.263 e. The van der Waals surface area contributed by atoms with Gasteiger partial charge < -0.3 is 20.1 Å². The maximum Gasteiger partial charge on any atom is 0.263 e. The van der Waals surface area contributed by atoms with Crippen molar-refractivity contribution in [3.8, 4) is 11.8 Å². The summed E-state index contributed by atoms with van der Waals surface area (Å²) in [5, 5.41) is 14.7. The first-order valence-electron chi connectivity index (χ1n) is 7.67. The molecule has 1 aromatic carbocycles. The standard InChI is InChI=1S/C17H23N3O3/c1-3-22-11-7-10-19-17(21)14(12-18)13-20-15-8-5-6-9-16(15)23-4-2/h5-6,8-9,13,20H,3-4,7,10-11H2,1-2H3,(H,19,21)/b14-13-. The predicted molar refractivity (Wildman–Crippen MR) is 89.0 cm³/mol. The third-order valence-electron chi connectivity index (χ3n) is 2.88. The molecule has 6 heteroatoms. The lowest BCUT2D eigenvalue weighted by molar-refractivity contribution is -0.117. The van der Waals surface area contributed by atoms with E-state index in [9.17, 15) is 4.79 Å². The maximum absolute atomic E-state index is 11.9. The number of nitrogens with zero attached hydrogens (tertiary/aromatic N) is 1. The highest BCUT2D eigenvalue weighted by Gasteiger charge is 2.08. The largest absolute Gasteiger partial charge is 0.492 e. The van der Waals surface area contributed by atoms with Gasteiger partial charge in [0.25, 0.3) is 5.91 Å². The molecule has 1 rings (SSSR count). The van der Waals surface area contributed by atoms with E-state index in [-0.39, 0.29) is 5.57 Å². The Labute approximate surface area is 137 Å². The molecule has 0 radical (unpaired) electrons. The molecule has 0 aliphatic heterocycles. The Kier molecular flexibility index (Phi) is 8.94. The van der Waals surface area contributed by atoms with Gasteiger partial charge in [-0.15, -0.1) is 0 Å². The lowest BCUT2D eigenvalue weighted by Crippen LogP contribution is -2.26. The van der Waals surface area contributed by atoms with Crippen molar-refractivity contribution >= 4 is 11.6 Å². The van der Waals surface area contributed by atoms with E-state index in [0.29, 0.717) is 44.2 Å². The number of nitriles is 1. The first kappa shape index (κ1) is 18.5. The van der Waals surface area contributed by atoms with Crippen molar-refractivity contribution in [2.45, 2.75) is 20.3 Å². The van der Waals surface area contributed by atoms with Crippen LogP contribution >= 0.6 is 0 Å². The first-order valence-corrected chi connectivity index (χ1v) is 7.67. The van der Waals surface area contributed by atoms with Crippen molar-refractivity contribution in [2.75, 3.05) is 31.7 Å². The summed E-state index contributed by atoms with van der Waals surface area (Å²) in [6, 6.07) is 9.23. The third kappa shape index (κ3) is 6.85. The molecule has 0 heterocycles. The van der Waals surface area contributed by atoms with E-state index < -0.39 is 5.91 Å². The second-order valence-corrected chi connectivity index (χ2v) is 4.55. The number of hydrogen-bond acceptors (Lipinski definition) is 5. The van der Waals surface area contributed by atoms with Gasteiger partial charge in [0.2, 0.25) is 0 Å². The number of carbonyl (C=O) groups excluding carboxylic acids is 1. The highest BCUT2D eigenvalue weighted by atomic mass is 16.5. The summed E-state index contributed by atoms with van der Waals surface area (Å²) < 4.78 is 10.7. The molecule has 0 saturated carbocycles. The van der Waals surface area contributed by atoms with Crippen LogP contribution in [0.3, 0.4) is 0 Å². The molecule has 0 atom stereocenters. The van der Waals surface area contributed by atoms with E-state index in [0.717, 1.165) is 0 Å². The normalized spacial score (nSPS) is 10.7. The molecule has 23 heavy (non-hydrogen) atoms. The molecule has 1 amide bonds. The zero-order valence-corrected chi connectivity index (χ0v) is 13.6. The van der Waals surface area contributed by atoms with Gasteiger partial charge in [-0.1, -0.05) is 12.1 Å². The van der Waals surface area contributed by atoms with Crippen molar-refractivity contribution in [2.24, 2.45) is 0 Å².